The van der Waals surface area contributed by atoms with Crippen LogP contribution in [0.4, 0.5) is 5.69 Å². The first kappa shape index (κ1) is 16.9. The predicted molar refractivity (Wildman–Crippen MR) is 83.6 cm³/mol. The predicted octanol–water partition coefficient (Wildman–Crippen LogP) is 4.13. The van der Waals surface area contributed by atoms with Crippen LogP contribution in [0, 0.1) is 0 Å². The highest BCUT2D eigenvalue weighted by molar-refractivity contribution is 7.58. The van der Waals surface area contributed by atoms with Gasteiger partial charge in [0.2, 0.25) is 5.91 Å². The summed E-state index contributed by atoms with van der Waals surface area (Å²) in [5.74, 6) is 0.0284. The SMILES string of the molecule is CCOP(C)(=O)CCCCCC(=O)Nc1ccccc1. The van der Waals surface area contributed by atoms with Gasteiger partial charge in [0.15, 0.2) is 7.37 Å². The monoisotopic (exact) mass is 297 g/mol. The van der Waals surface area contributed by atoms with Gasteiger partial charge in [0.25, 0.3) is 0 Å². The van der Waals surface area contributed by atoms with E-state index in [0.29, 0.717) is 19.2 Å². The number of para-hydroxylation sites is 1. The molecule has 4 nitrogen and oxygen atoms in total. The first-order valence-corrected chi connectivity index (χ1v) is 9.35. The van der Waals surface area contributed by atoms with Crippen LogP contribution in [0.1, 0.15) is 32.6 Å². The van der Waals surface area contributed by atoms with E-state index < -0.39 is 7.37 Å². The Morgan fingerprint density at radius 3 is 2.55 bits per heavy atom. The number of amides is 1. The fraction of sp³-hybridized carbons (Fsp3) is 0.533. The molecule has 5 heteroatoms. The van der Waals surface area contributed by atoms with Crippen molar-refractivity contribution >= 4 is 19.0 Å². The van der Waals surface area contributed by atoms with Crippen LogP contribution in [-0.2, 0) is 13.9 Å². The van der Waals surface area contributed by atoms with Crippen molar-refractivity contribution in [2.24, 2.45) is 0 Å². The second-order valence-electron chi connectivity index (χ2n) is 4.88. The summed E-state index contributed by atoms with van der Waals surface area (Å²) in [7, 11) is -2.41. The summed E-state index contributed by atoms with van der Waals surface area (Å²) in [4.78, 5) is 11.7. The van der Waals surface area contributed by atoms with Gasteiger partial charge in [-0.15, -0.1) is 0 Å². The average Bonchev–Trinajstić information content (AvgIpc) is 2.39. The third kappa shape index (κ3) is 7.46. The Bertz CT molecular complexity index is 448. The van der Waals surface area contributed by atoms with Gasteiger partial charge in [0.05, 0.1) is 6.61 Å². The van der Waals surface area contributed by atoms with Gasteiger partial charge in [-0.2, -0.15) is 0 Å². The van der Waals surface area contributed by atoms with Crippen molar-refractivity contribution in [3.63, 3.8) is 0 Å². The molecule has 0 aromatic heterocycles. The van der Waals surface area contributed by atoms with Gasteiger partial charge in [0, 0.05) is 24.9 Å². The fourth-order valence-electron chi connectivity index (χ4n) is 1.94. The lowest BCUT2D eigenvalue weighted by Gasteiger charge is -2.11. The van der Waals surface area contributed by atoms with Crippen molar-refractivity contribution in [2.75, 3.05) is 24.8 Å². The van der Waals surface area contributed by atoms with Crippen LogP contribution in [-0.4, -0.2) is 25.3 Å². The van der Waals surface area contributed by atoms with Gasteiger partial charge in [0.1, 0.15) is 0 Å². The normalized spacial score (nSPS) is 13.7. The summed E-state index contributed by atoms with van der Waals surface area (Å²) in [5.41, 5.74) is 0.826. The quantitative estimate of drug-likeness (QED) is 0.551. The number of hydrogen-bond acceptors (Lipinski definition) is 3. The number of rotatable bonds is 9. The van der Waals surface area contributed by atoms with E-state index in [-0.39, 0.29) is 5.91 Å². The summed E-state index contributed by atoms with van der Waals surface area (Å²) in [6.45, 7) is 4.02. The van der Waals surface area contributed by atoms with Gasteiger partial charge in [-0.05, 0) is 31.9 Å². The van der Waals surface area contributed by atoms with E-state index >= 15 is 0 Å². The standard InChI is InChI=1S/C15H24NO3P/c1-3-19-20(2,18)13-9-5-8-12-15(17)16-14-10-6-4-7-11-14/h4,6-7,10-11H,3,5,8-9,12-13H2,1-2H3,(H,16,17). The Kier molecular flexibility index (Phi) is 7.56. The van der Waals surface area contributed by atoms with Crippen molar-refractivity contribution in [2.45, 2.75) is 32.6 Å². The molecule has 1 rings (SSSR count). The highest BCUT2D eigenvalue weighted by Gasteiger charge is 2.13. The molecule has 0 radical (unpaired) electrons. The second-order valence-corrected chi connectivity index (χ2v) is 7.61. The van der Waals surface area contributed by atoms with Gasteiger partial charge in [-0.1, -0.05) is 24.6 Å². The third-order valence-corrected chi connectivity index (χ3v) is 4.86. The van der Waals surface area contributed by atoms with Crippen LogP contribution >= 0.6 is 7.37 Å². The van der Waals surface area contributed by atoms with Crippen LogP contribution in [0.3, 0.4) is 0 Å². The molecule has 0 aliphatic heterocycles. The highest BCUT2D eigenvalue weighted by Crippen LogP contribution is 2.43. The van der Waals surface area contributed by atoms with Crippen molar-refractivity contribution in [1.29, 1.82) is 0 Å². The van der Waals surface area contributed by atoms with Gasteiger partial charge >= 0.3 is 0 Å². The minimum absolute atomic E-state index is 0.0284. The number of nitrogens with one attached hydrogen (secondary N) is 1. The number of benzene rings is 1. The van der Waals surface area contributed by atoms with Crippen LogP contribution < -0.4 is 5.32 Å². The average molecular weight is 297 g/mol. The molecule has 1 atom stereocenters. The lowest BCUT2D eigenvalue weighted by Crippen LogP contribution is -2.10. The third-order valence-electron chi connectivity index (χ3n) is 2.93. The molecule has 20 heavy (non-hydrogen) atoms. The van der Waals surface area contributed by atoms with Gasteiger partial charge < -0.3 is 9.84 Å². The first-order chi connectivity index (χ1) is 9.53. The zero-order valence-corrected chi connectivity index (χ0v) is 13.2. The summed E-state index contributed by atoms with van der Waals surface area (Å²) in [6.07, 6.45) is 3.64. The largest absolute Gasteiger partial charge is 0.329 e. The molecule has 0 aliphatic carbocycles. The van der Waals surface area contributed by atoms with Crippen molar-refractivity contribution in [3.8, 4) is 0 Å². The van der Waals surface area contributed by atoms with E-state index in [1.165, 1.54) is 0 Å². The molecule has 0 aliphatic rings. The van der Waals surface area contributed by atoms with E-state index in [1.54, 1.807) is 6.66 Å². The molecule has 0 saturated carbocycles. The van der Waals surface area contributed by atoms with E-state index in [1.807, 2.05) is 37.3 Å². The molecular formula is C15H24NO3P. The summed E-state index contributed by atoms with van der Waals surface area (Å²) < 4.78 is 17.1. The Morgan fingerprint density at radius 2 is 1.90 bits per heavy atom. The summed E-state index contributed by atoms with van der Waals surface area (Å²) in [5, 5.41) is 2.85. The Labute approximate surface area is 121 Å². The van der Waals surface area contributed by atoms with E-state index in [9.17, 15) is 9.36 Å². The molecule has 0 saturated heterocycles. The molecular weight excluding hydrogens is 273 g/mol. The van der Waals surface area contributed by atoms with Gasteiger partial charge in [-0.25, -0.2) is 0 Å². The molecule has 0 bridgehead atoms. The number of carbonyl (C=O) groups excluding carboxylic acids is 1. The van der Waals surface area contributed by atoms with Crippen LogP contribution in [0.2, 0.25) is 0 Å². The maximum atomic E-state index is 11.9. The minimum Gasteiger partial charge on any atom is -0.329 e. The Balaban J connectivity index is 2.12. The topological polar surface area (TPSA) is 55.4 Å². The van der Waals surface area contributed by atoms with Crippen molar-refractivity contribution in [1.82, 2.24) is 0 Å². The fourth-order valence-corrected chi connectivity index (χ4v) is 3.42. The van der Waals surface area contributed by atoms with Crippen LogP contribution in [0.15, 0.2) is 30.3 Å². The number of unbranched alkanes of at least 4 members (excludes halogenated alkanes) is 2. The number of anilines is 1. The Hall–Kier alpha value is -1.12. The van der Waals surface area contributed by atoms with E-state index in [0.717, 1.165) is 24.9 Å². The molecule has 1 amide bonds. The molecule has 0 fully saturated rings. The molecule has 1 aromatic carbocycles. The first-order valence-electron chi connectivity index (χ1n) is 7.09. The van der Waals surface area contributed by atoms with E-state index in [2.05, 4.69) is 5.32 Å². The second kappa shape index (κ2) is 8.93. The van der Waals surface area contributed by atoms with Gasteiger partial charge in [-0.3, -0.25) is 9.36 Å². The minimum atomic E-state index is -2.41. The zero-order chi connectivity index (χ0) is 14.8. The summed E-state index contributed by atoms with van der Waals surface area (Å²) in [6, 6.07) is 9.43. The molecule has 0 heterocycles. The lowest BCUT2D eigenvalue weighted by molar-refractivity contribution is -0.116. The maximum Gasteiger partial charge on any atom is 0.224 e. The molecule has 0 spiro atoms. The number of carbonyl (C=O) groups is 1. The lowest BCUT2D eigenvalue weighted by atomic mass is 10.2. The van der Waals surface area contributed by atoms with Crippen LogP contribution in [0.25, 0.3) is 0 Å². The van der Waals surface area contributed by atoms with Crippen molar-refractivity contribution < 1.29 is 13.9 Å². The van der Waals surface area contributed by atoms with E-state index in [4.69, 9.17) is 4.52 Å². The molecule has 1 unspecified atom stereocenters. The Morgan fingerprint density at radius 1 is 1.20 bits per heavy atom. The molecule has 1 N–H and O–H groups in total. The maximum absolute atomic E-state index is 11.9. The van der Waals surface area contributed by atoms with Crippen LogP contribution in [0.5, 0.6) is 0 Å². The number of hydrogen-bond donors (Lipinski definition) is 1. The molecule has 1 aromatic rings. The summed E-state index contributed by atoms with van der Waals surface area (Å²) >= 11 is 0. The molecule has 112 valence electrons. The smallest absolute Gasteiger partial charge is 0.224 e. The zero-order valence-electron chi connectivity index (χ0n) is 12.3. The highest BCUT2D eigenvalue weighted by atomic mass is 31.2. The van der Waals surface area contributed by atoms with Crippen molar-refractivity contribution in [3.05, 3.63) is 30.3 Å².